The molecule has 4 rings (SSSR count). The van der Waals surface area contributed by atoms with E-state index in [9.17, 15) is 22.8 Å². The van der Waals surface area contributed by atoms with Gasteiger partial charge in [-0.2, -0.15) is 13.2 Å². The van der Waals surface area contributed by atoms with Crippen LogP contribution in [-0.2, 0) is 12.7 Å². The van der Waals surface area contributed by atoms with Crippen LogP contribution in [0, 0.1) is 18.8 Å². The molecule has 0 spiro atoms. The Balaban J connectivity index is 1.92. The lowest BCUT2D eigenvalue weighted by molar-refractivity contribution is -0.154. The predicted octanol–water partition coefficient (Wildman–Crippen LogP) is 8.91. The maximum Gasteiger partial charge on any atom is 0.453 e. The zero-order valence-electron chi connectivity index (χ0n) is 25.9. The van der Waals surface area contributed by atoms with Gasteiger partial charge in [0.25, 0.3) is 5.76 Å². The molecule has 0 bridgehead atoms. The first kappa shape index (κ1) is 33.9. The molecule has 0 N–H and O–H groups in total. The molecule has 7 nitrogen and oxygen atoms in total. The van der Waals surface area contributed by atoms with Crippen LogP contribution in [0.4, 0.5) is 13.2 Å². The van der Waals surface area contributed by atoms with Crippen LogP contribution in [0.15, 0.2) is 63.8 Å². The largest absolute Gasteiger partial charge is 0.497 e. The molecule has 0 aliphatic carbocycles. The van der Waals surface area contributed by atoms with Gasteiger partial charge in [-0.05, 0) is 78.9 Å². The summed E-state index contributed by atoms with van der Waals surface area (Å²) in [7, 11) is 1.49. The molecule has 240 valence electrons. The minimum atomic E-state index is -5.09. The molecule has 0 radical (unpaired) electrons. The molecule has 0 fully saturated rings. The van der Waals surface area contributed by atoms with E-state index in [2.05, 4.69) is 0 Å². The van der Waals surface area contributed by atoms with Crippen molar-refractivity contribution < 1.29 is 36.6 Å². The van der Waals surface area contributed by atoms with Crippen molar-refractivity contribution in [3.63, 3.8) is 0 Å². The molecule has 0 unspecified atom stereocenters. The maximum atomic E-state index is 14.5. The number of halogens is 4. The van der Waals surface area contributed by atoms with Gasteiger partial charge in [-0.15, -0.1) is 0 Å². The minimum absolute atomic E-state index is 0.0145. The van der Waals surface area contributed by atoms with Crippen LogP contribution in [0.3, 0.4) is 0 Å². The summed E-state index contributed by atoms with van der Waals surface area (Å²) in [6, 6.07) is 13.1. The standard InChI is InChI=1S/C34H35ClF3NO6/c1-19(2)16-39(17-20(3)4)18-26-28(44-33(41)22-7-9-23(42-6)10-8-22)14-12-25-29(40)31(32(34(36,37)38)45-30(25)26)43-24-11-13-27(35)21(5)15-24/h7-15,19-20H,16-18H2,1-6H3. The van der Waals surface area contributed by atoms with Crippen LogP contribution in [0.2, 0.25) is 5.02 Å². The van der Waals surface area contributed by atoms with E-state index in [1.807, 2.05) is 32.6 Å². The number of methoxy groups -OCH3 is 1. The summed E-state index contributed by atoms with van der Waals surface area (Å²) in [6.07, 6.45) is -5.09. The molecule has 0 aliphatic rings. The number of aryl methyl sites for hydroxylation is 1. The molecule has 0 atom stereocenters. The lowest BCUT2D eigenvalue weighted by atomic mass is 10.1. The first-order chi connectivity index (χ1) is 21.2. The predicted molar refractivity (Wildman–Crippen MR) is 167 cm³/mol. The van der Waals surface area contributed by atoms with E-state index in [1.54, 1.807) is 19.1 Å². The van der Waals surface area contributed by atoms with E-state index in [4.69, 9.17) is 30.2 Å². The van der Waals surface area contributed by atoms with Crippen LogP contribution in [0.25, 0.3) is 11.0 Å². The molecular formula is C34H35ClF3NO6. The molecule has 1 aromatic heterocycles. The number of carbonyl (C=O) groups is 1. The van der Waals surface area contributed by atoms with E-state index < -0.39 is 29.1 Å². The van der Waals surface area contributed by atoms with Crippen LogP contribution >= 0.6 is 11.6 Å². The van der Waals surface area contributed by atoms with Crippen LogP contribution in [0.5, 0.6) is 23.0 Å². The summed E-state index contributed by atoms with van der Waals surface area (Å²) in [5, 5.41) is 0.231. The van der Waals surface area contributed by atoms with Crippen molar-refractivity contribution in [1.29, 1.82) is 0 Å². The van der Waals surface area contributed by atoms with Gasteiger partial charge in [-0.1, -0.05) is 39.3 Å². The van der Waals surface area contributed by atoms with Gasteiger partial charge in [0, 0.05) is 24.7 Å². The molecule has 4 aromatic rings. The zero-order chi connectivity index (χ0) is 33.1. The van der Waals surface area contributed by atoms with Crippen molar-refractivity contribution in [1.82, 2.24) is 4.90 Å². The Labute approximate surface area is 264 Å². The van der Waals surface area contributed by atoms with Gasteiger partial charge in [-0.25, -0.2) is 4.79 Å². The Hall–Kier alpha value is -4.02. The van der Waals surface area contributed by atoms with Crippen molar-refractivity contribution in [2.75, 3.05) is 20.2 Å². The Morgan fingerprint density at radius 2 is 1.58 bits per heavy atom. The lowest BCUT2D eigenvalue weighted by Crippen LogP contribution is -2.31. The van der Waals surface area contributed by atoms with Crippen molar-refractivity contribution in [2.24, 2.45) is 11.8 Å². The van der Waals surface area contributed by atoms with Gasteiger partial charge in [0.15, 0.2) is 0 Å². The highest BCUT2D eigenvalue weighted by Crippen LogP contribution is 2.41. The fourth-order valence-electron chi connectivity index (χ4n) is 4.95. The van der Waals surface area contributed by atoms with E-state index in [-0.39, 0.29) is 52.0 Å². The third-order valence-electron chi connectivity index (χ3n) is 6.84. The number of benzene rings is 3. The van der Waals surface area contributed by atoms with Gasteiger partial charge >= 0.3 is 12.1 Å². The molecule has 45 heavy (non-hydrogen) atoms. The number of hydrogen-bond acceptors (Lipinski definition) is 7. The fourth-order valence-corrected chi connectivity index (χ4v) is 5.07. The lowest BCUT2D eigenvalue weighted by Gasteiger charge is -2.27. The molecule has 11 heteroatoms. The Morgan fingerprint density at radius 1 is 0.956 bits per heavy atom. The highest BCUT2D eigenvalue weighted by atomic mass is 35.5. The van der Waals surface area contributed by atoms with Gasteiger partial charge in [-0.3, -0.25) is 9.69 Å². The molecule has 0 amide bonds. The first-order valence-corrected chi connectivity index (χ1v) is 14.8. The maximum absolute atomic E-state index is 14.5. The number of alkyl halides is 3. The zero-order valence-corrected chi connectivity index (χ0v) is 26.6. The second-order valence-electron chi connectivity index (χ2n) is 11.6. The summed E-state index contributed by atoms with van der Waals surface area (Å²) < 4.78 is 65.4. The monoisotopic (exact) mass is 645 g/mol. The Morgan fingerprint density at radius 3 is 2.13 bits per heavy atom. The number of carbonyl (C=O) groups excluding carboxylic acids is 1. The Bertz CT molecular complexity index is 1720. The van der Waals surface area contributed by atoms with Gasteiger partial charge in [0.05, 0.1) is 23.6 Å². The second kappa shape index (κ2) is 14.0. The summed E-state index contributed by atoms with van der Waals surface area (Å²) >= 11 is 6.06. The van der Waals surface area contributed by atoms with Crippen LogP contribution in [-0.4, -0.2) is 31.1 Å². The SMILES string of the molecule is COc1ccc(C(=O)Oc2ccc3c(=O)c(Oc4ccc(Cl)c(C)c4)c(C(F)(F)F)oc3c2CN(CC(C)C)CC(C)C)cc1. The highest BCUT2D eigenvalue weighted by Gasteiger charge is 2.41. The minimum Gasteiger partial charge on any atom is -0.497 e. The number of esters is 1. The van der Waals surface area contributed by atoms with E-state index in [0.29, 0.717) is 29.4 Å². The summed E-state index contributed by atoms with van der Waals surface area (Å²) in [5.74, 6) is -2.44. The average molecular weight is 646 g/mol. The van der Waals surface area contributed by atoms with Gasteiger partial charge in [0.2, 0.25) is 11.2 Å². The third-order valence-corrected chi connectivity index (χ3v) is 7.27. The summed E-state index contributed by atoms with van der Waals surface area (Å²) in [6.45, 7) is 11.0. The number of fused-ring (bicyclic) bond motifs is 1. The van der Waals surface area contributed by atoms with Crippen molar-refractivity contribution >= 4 is 28.5 Å². The normalized spacial score (nSPS) is 11.9. The van der Waals surface area contributed by atoms with E-state index in [1.165, 1.54) is 49.6 Å². The Kier molecular flexibility index (Phi) is 10.5. The van der Waals surface area contributed by atoms with Crippen LogP contribution in [0.1, 0.15) is 54.9 Å². The topological polar surface area (TPSA) is 78.2 Å². The second-order valence-corrected chi connectivity index (χ2v) is 12.0. The molecule has 0 saturated heterocycles. The molecule has 0 saturated carbocycles. The molecule has 3 aromatic carbocycles. The van der Waals surface area contributed by atoms with Crippen LogP contribution < -0.4 is 19.6 Å². The smallest absolute Gasteiger partial charge is 0.453 e. The fraction of sp³-hybridized carbons (Fsp3) is 0.353. The number of hydrogen-bond donors (Lipinski definition) is 0. The molecule has 0 aliphatic heterocycles. The highest BCUT2D eigenvalue weighted by molar-refractivity contribution is 6.31. The van der Waals surface area contributed by atoms with Gasteiger partial charge < -0.3 is 18.6 Å². The van der Waals surface area contributed by atoms with Crippen molar-refractivity contribution in [3.8, 4) is 23.0 Å². The van der Waals surface area contributed by atoms with Crippen molar-refractivity contribution in [3.05, 3.63) is 92.3 Å². The number of nitrogens with zero attached hydrogens (tertiary/aromatic N) is 1. The quantitative estimate of drug-likeness (QED) is 0.119. The average Bonchev–Trinajstić information content (AvgIpc) is 2.96. The first-order valence-electron chi connectivity index (χ1n) is 14.4. The summed E-state index contributed by atoms with van der Waals surface area (Å²) in [5.41, 5.74) is -0.488. The number of ether oxygens (including phenoxy) is 3. The van der Waals surface area contributed by atoms with E-state index >= 15 is 0 Å². The summed E-state index contributed by atoms with van der Waals surface area (Å²) in [4.78, 5) is 28.9. The molecule has 1 heterocycles. The van der Waals surface area contributed by atoms with Crippen molar-refractivity contribution in [2.45, 2.75) is 47.3 Å². The number of rotatable bonds is 11. The van der Waals surface area contributed by atoms with E-state index in [0.717, 1.165) is 0 Å². The van der Waals surface area contributed by atoms with Gasteiger partial charge in [0.1, 0.15) is 22.8 Å². The third kappa shape index (κ3) is 8.18. The molecular weight excluding hydrogens is 611 g/mol.